The molecule has 6 atom stereocenters. The van der Waals surface area contributed by atoms with E-state index in [2.05, 4.69) is 9.97 Å². The number of anilines is 1. The van der Waals surface area contributed by atoms with Crippen molar-refractivity contribution in [2.45, 2.75) is 36.8 Å². The summed E-state index contributed by atoms with van der Waals surface area (Å²) in [5.74, 6) is -0.198. The number of hydrogen-bond donors (Lipinski definition) is 6. The molecule has 0 bridgehead atoms. The Labute approximate surface area is 133 Å². The number of nitrogens with one attached hydrogen (secondary N) is 1. The number of halogens is 1. The van der Waals surface area contributed by atoms with Gasteiger partial charge in [0, 0.05) is 6.20 Å². The summed E-state index contributed by atoms with van der Waals surface area (Å²) in [6.45, 7) is -0.719. The van der Waals surface area contributed by atoms with Crippen LogP contribution in [0.15, 0.2) is 17.1 Å². The number of fused-ring (bicyclic) bond motifs is 1. The van der Waals surface area contributed by atoms with Crippen LogP contribution in [0.25, 0.3) is 11.0 Å². The summed E-state index contributed by atoms with van der Waals surface area (Å²) in [4.78, 5) is 18.1. The van der Waals surface area contributed by atoms with E-state index in [-0.39, 0.29) is 17.0 Å². The van der Waals surface area contributed by atoms with E-state index in [9.17, 15) is 29.6 Å². The molecule has 1 aliphatic heterocycles. The van der Waals surface area contributed by atoms with Gasteiger partial charge in [-0.2, -0.15) is 4.98 Å². The van der Waals surface area contributed by atoms with Crippen LogP contribution in [0.3, 0.4) is 0 Å². The van der Waals surface area contributed by atoms with E-state index in [1.165, 1.54) is 12.3 Å². The van der Waals surface area contributed by atoms with Gasteiger partial charge >= 0.3 is 0 Å². The summed E-state index contributed by atoms with van der Waals surface area (Å²) in [5.41, 5.74) is 4.95. The predicted octanol–water partition coefficient (Wildman–Crippen LogP) is -2.38. The van der Waals surface area contributed by atoms with Gasteiger partial charge in [0.05, 0.1) is 12.0 Å². The fourth-order valence-corrected chi connectivity index (χ4v) is 2.75. The van der Waals surface area contributed by atoms with Gasteiger partial charge in [0.1, 0.15) is 24.4 Å². The number of ether oxygens (including phenoxy) is 1. The number of aromatic amines is 1. The van der Waals surface area contributed by atoms with E-state index >= 15 is 0 Å². The van der Waals surface area contributed by atoms with Crippen LogP contribution in [0.2, 0.25) is 0 Å². The van der Waals surface area contributed by atoms with Crippen LogP contribution < -0.4 is 11.3 Å². The Balaban J connectivity index is 2.11. The summed E-state index contributed by atoms with van der Waals surface area (Å²) in [7, 11) is 0. The van der Waals surface area contributed by atoms with Gasteiger partial charge in [0.15, 0.2) is 18.0 Å². The Morgan fingerprint density at radius 3 is 2.71 bits per heavy atom. The minimum Gasteiger partial charge on any atom is -0.394 e. The van der Waals surface area contributed by atoms with Gasteiger partial charge in [-0.15, -0.1) is 0 Å². The van der Waals surface area contributed by atoms with E-state index in [0.29, 0.717) is 0 Å². The molecule has 0 spiro atoms. The smallest absolute Gasteiger partial charge is 0.261 e. The van der Waals surface area contributed by atoms with Gasteiger partial charge in [-0.25, -0.2) is 4.39 Å². The van der Waals surface area contributed by atoms with E-state index in [1.807, 2.05) is 0 Å². The molecule has 0 aromatic carbocycles. The van der Waals surface area contributed by atoms with Gasteiger partial charge in [0.2, 0.25) is 5.95 Å². The third-order valence-electron chi connectivity index (χ3n) is 4.05. The van der Waals surface area contributed by atoms with Crippen molar-refractivity contribution >= 4 is 17.0 Å². The molecule has 1 aliphatic rings. The van der Waals surface area contributed by atoms with Crippen LogP contribution in [0.5, 0.6) is 0 Å². The summed E-state index contributed by atoms with van der Waals surface area (Å²) in [6.07, 6.45) is -9.29. The highest BCUT2D eigenvalue weighted by Gasteiger charge is 2.46. The largest absolute Gasteiger partial charge is 0.394 e. The van der Waals surface area contributed by atoms with Crippen molar-refractivity contribution in [1.29, 1.82) is 0 Å². The van der Waals surface area contributed by atoms with Crippen molar-refractivity contribution in [2.75, 3.05) is 12.3 Å². The van der Waals surface area contributed by atoms with Gasteiger partial charge in [-0.1, -0.05) is 0 Å². The molecule has 3 rings (SSSR count). The molecule has 132 valence electrons. The molecule has 0 amide bonds. The average Bonchev–Trinajstić information content (AvgIpc) is 2.94. The molecule has 0 saturated carbocycles. The monoisotopic (exact) mass is 344 g/mol. The summed E-state index contributed by atoms with van der Waals surface area (Å²) in [5, 5.41) is 38.9. The van der Waals surface area contributed by atoms with Crippen molar-refractivity contribution in [3.63, 3.8) is 0 Å². The molecule has 0 aliphatic carbocycles. The first-order chi connectivity index (χ1) is 11.3. The Hall–Kier alpha value is -2.05. The van der Waals surface area contributed by atoms with Crippen LogP contribution >= 0.6 is 0 Å². The Morgan fingerprint density at radius 2 is 2.04 bits per heavy atom. The maximum atomic E-state index is 14.6. The number of H-pyrrole nitrogens is 1. The van der Waals surface area contributed by atoms with Crippen molar-refractivity contribution in [1.82, 2.24) is 14.5 Å². The molecule has 11 heteroatoms. The number of aromatic nitrogens is 3. The number of nitrogens with two attached hydrogens (primary N) is 1. The van der Waals surface area contributed by atoms with Crippen LogP contribution in [0.4, 0.5) is 10.3 Å². The average molecular weight is 344 g/mol. The number of nitrogens with zero attached hydrogens (tertiary/aromatic N) is 2. The molecule has 1 saturated heterocycles. The lowest BCUT2D eigenvalue weighted by Crippen LogP contribution is -2.46. The standard InChI is InChI=1S/C13H17FN4O6/c14-6-8(21)9(22)7(20)5(3-19)24-12(6)18-2-1-4-10(18)16-13(15)17-11(4)23/h1-2,5-9,12,19-22H,3H2,(H3,15,16,17,23)/t5-,6+,7-,8+,9-,12-/m1/s1. The second kappa shape index (κ2) is 6.11. The van der Waals surface area contributed by atoms with Crippen LogP contribution in [-0.4, -0.2) is 72.2 Å². The Kier molecular flexibility index (Phi) is 4.27. The first-order valence-electron chi connectivity index (χ1n) is 7.16. The number of alkyl halides is 1. The fourth-order valence-electron chi connectivity index (χ4n) is 2.75. The van der Waals surface area contributed by atoms with E-state index < -0.39 is 49.0 Å². The summed E-state index contributed by atoms with van der Waals surface area (Å²) < 4.78 is 21.1. The molecular formula is C13H17FN4O6. The molecular weight excluding hydrogens is 327 g/mol. The maximum Gasteiger partial charge on any atom is 0.261 e. The third-order valence-corrected chi connectivity index (χ3v) is 4.05. The number of hydrogen-bond acceptors (Lipinski definition) is 8. The molecule has 7 N–H and O–H groups in total. The lowest BCUT2D eigenvalue weighted by molar-refractivity contribution is -0.137. The molecule has 3 heterocycles. The van der Waals surface area contributed by atoms with Crippen LogP contribution in [0, 0.1) is 0 Å². The van der Waals surface area contributed by atoms with Crippen molar-refractivity contribution < 1.29 is 29.6 Å². The zero-order chi connectivity index (χ0) is 17.6. The highest BCUT2D eigenvalue weighted by molar-refractivity contribution is 5.76. The number of aliphatic hydroxyl groups is 4. The molecule has 0 unspecified atom stereocenters. The molecule has 2 aromatic rings. The van der Waals surface area contributed by atoms with Gasteiger partial charge in [-0.3, -0.25) is 9.78 Å². The topological polar surface area (TPSA) is 167 Å². The number of nitrogen functional groups attached to an aromatic ring is 1. The van der Waals surface area contributed by atoms with Crippen LogP contribution in [0.1, 0.15) is 6.23 Å². The van der Waals surface area contributed by atoms with Crippen LogP contribution in [-0.2, 0) is 4.74 Å². The van der Waals surface area contributed by atoms with E-state index in [1.54, 1.807) is 0 Å². The Bertz CT molecular complexity index is 792. The first kappa shape index (κ1) is 16.8. The minimum atomic E-state index is -2.16. The molecule has 0 radical (unpaired) electrons. The molecule has 2 aromatic heterocycles. The van der Waals surface area contributed by atoms with E-state index in [0.717, 1.165) is 4.57 Å². The lowest BCUT2D eigenvalue weighted by Gasteiger charge is -2.25. The second-order valence-corrected chi connectivity index (χ2v) is 5.58. The van der Waals surface area contributed by atoms with E-state index in [4.69, 9.17) is 10.5 Å². The van der Waals surface area contributed by atoms with Gasteiger partial charge in [0.25, 0.3) is 5.56 Å². The SMILES string of the molecule is Nc1nc2c(ccn2[C@@H]2O[C@H](CO)[C@@H](O)[C@@H](O)[C@@H](O)[C@@H]2F)c(=O)[nH]1. The fraction of sp³-hybridized carbons (Fsp3) is 0.538. The highest BCUT2D eigenvalue weighted by Crippen LogP contribution is 2.31. The molecule has 1 fully saturated rings. The lowest BCUT2D eigenvalue weighted by atomic mass is 10.0. The summed E-state index contributed by atoms with van der Waals surface area (Å²) >= 11 is 0. The number of aliphatic hydroxyl groups excluding tert-OH is 4. The molecule has 10 nitrogen and oxygen atoms in total. The predicted molar refractivity (Wildman–Crippen MR) is 78.7 cm³/mol. The normalized spacial score (nSPS) is 34.4. The third kappa shape index (κ3) is 2.56. The van der Waals surface area contributed by atoms with Crippen molar-refractivity contribution in [3.05, 3.63) is 22.6 Å². The molecule has 24 heavy (non-hydrogen) atoms. The maximum absolute atomic E-state index is 14.6. The first-order valence-corrected chi connectivity index (χ1v) is 7.16. The quantitative estimate of drug-likeness (QED) is 0.351. The van der Waals surface area contributed by atoms with Crippen molar-refractivity contribution in [3.8, 4) is 0 Å². The Morgan fingerprint density at radius 1 is 1.33 bits per heavy atom. The van der Waals surface area contributed by atoms with Gasteiger partial charge < -0.3 is 35.5 Å². The zero-order valence-corrected chi connectivity index (χ0v) is 12.3. The zero-order valence-electron chi connectivity index (χ0n) is 12.3. The van der Waals surface area contributed by atoms with Crippen molar-refractivity contribution in [2.24, 2.45) is 0 Å². The highest BCUT2D eigenvalue weighted by atomic mass is 19.1. The summed E-state index contributed by atoms with van der Waals surface area (Å²) in [6, 6.07) is 1.36. The second-order valence-electron chi connectivity index (χ2n) is 5.58. The minimum absolute atomic E-state index is 0.00123. The number of rotatable bonds is 2. The van der Waals surface area contributed by atoms with Gasteiger partial charge in [-0.05, 0) is 6.07 Å².